The molecule has 1 fully saturated rings. The van der Waals surface area contributed by atoms with Crippen molar-refractivity contribution < 1.29 is 9.15 Å². The maximum absolute atomic E-state index is 5.38. The molecule has 2 heterocycles. The molecule has 6 nitrogen and oxygen atoms in total. The lowest BCUT2D eigenvalue weighted by Crippen LogP contribution is -2.40. The molecule has 152 valence electrons. The molecule has 0 saturated carbocycles. The number of rotatable bonds is 10. The minimum atomic E-state index is 0.643. The smallest absolute Gasteiger partial charge is 0.191 e. The number of hydrogen-bond donors (Lipinski definition) is 2. The van der Waals surface area contributed by atoms with E-state index in [9.17, 15) is 0 Å². The number of guanidine groups is 1. The quantitative estimate of drug-likeness (QED) is 0.375. The maximum atomic E-state index is 5.38. The number of methoxy groups -OCH3 is 1. The van der Waals surface area contributed by atoms with E-state index in [-0.39, 0.29) is 0 Å². The summed E-state index contributed by atoms with van der Waals surface area (Å²) in [6, 6.07) is 12.7. The van der Waals surface area contributed by atoms with Crippen molar-refractivity contribution in [2.75, 3.05) is 39.9 Å². The van der Waals surface area contributed by atoms with Gasteiger partial charge in [-0.2, -0.15) is 0 Å². The average Bonchev–Trinajstić information content (AvgIpc) is 3.41. The molecule has 0 amide bonds. The summed E-state index contributed by atoms with van der Waals surface area (Å²) in [5.74, 6) is 1.77. The minimum Gasteiger partial charge on any atom is -0.469 e. The van der Waals surface area contributed by atoms with Crippen LogP contribution in [0.4, 0.5) is 0 Å². The van der Waals surface area contributed by atoms with Gasteiger partial charge in [-0.05, 0) is 49.2 Å². The zero-order valence-electron chi connectivity index (χ0n) is 16.8. The van der Waals surface area contributed by atoms with Gasteiger partial charge < -0.3 is 19.8 Å². The number of furan rings is 1. The second-order valence-electron chi connectivity index (χ2n) is 7.14. The van der Waals surface area contributed by atoms with E-state index in [2.05, 4.69) is 39.8 Å². The van der Waals surface area contributed by atoms with Crippen LogP contribution in [-0.2, 0) is 24.2 Å². The van der Waals surface area contributed by atoms with Gasteiger partial charge in [-0.15, -0.1) is 0 Å². The second-order valence-corrected chi connectivity index (χ2v) is 7.14. The highest BCUT2D eigenvalue weighted by Crippen LogP contribution is 2.13. The summed E-state index contributed by atoms with van der Waals surface area (Å²) < 4.78 is 10.5. The molecule has 2 N–H and O–H groups in total. The van der Waals surface area contributed by atoms with E-state index < -0.39 is 0 Å². The Morgan fingerprint density at radius 3 is 2.54 bits per heavy atom. The van der Waals surface area contributed by atoms with Crippen LogP contribution in [0.3, 0.4) is 0 Å². The predicted molar refractivity (Wildman–Crippen MR) is 112 cm³/mol. The first kappa shape index (κ1) is 20.4. The highest BCUT2D eigenvalue weighted by atomic mass is 16.5. The fraction of sp³-hybridized carbons (Fsp3) is 0.500. The molecule has 28 heavy (non-hydrogen) atoms. The van der Waals surface area contributed by atoms with Crippen molar-refractivity contribution in [3.05, 3.63) is 59.5 Å². The third-order valence-electron chi connectivity index (χ3n) is 4.89. The third kappa shape index (κ3) is 7.02. The summed E-state index contributed by atoms with van der Waals surface area (Å²) in [6.45, 7) is 6.29. The monoisotopic (exact) mass is 384 g/mol. The van der Waals surface area contributed by atoms with Crippen LogP contribution >= 0.6 is 0 Å². The lowest BCUT2D eigenvalue weighted by Gasteiger charge is -2.14. The molecule has 0 bridgehead atoms. The van der Waals surface area contributed by atoms with Crippen molar-refractivity contribution in [1.29, 1.82) is 0 Å². The van der Waals surface area contributed by atoms with E-state index >= 15 is 0 Å². The van der Waals surface area contributed by atoms with Gasteiger partial charge in [0.2, 0.25) is 0 Å². The highest BCUT2D eigenvalue weighted by Gasteiger charge is 2.11. The average molecular weight is 385 g/mol. The van der Waals surface area contributed by atoms with Crippen LogP contribution in [0, 0.1) is 0 Å². The van der Waals surface area contributed by atoms with E-state index in [0.717, 1.165) is 37.8 Å². The largest absolute Gasteiger partial charge is 0.469 e. The number of benzene rings is 1. The highest BCUT2D eigenvalue weighted by molar-refractivity contribution is 5.79. The standard InChI is InChI=1S/C22H32N4O2/c1-27-16-12-24-22(23-11-10-21-5-4-15-28-21)25-17-19-6-8-20(9-7-19)18-26-13-2-3-14-26/h4-9,15H,2-3,10-14,16-18H2,1H3,(H2,23,24,25). The molecule has 1 aliphatic heterocycles. The first-order valence-corrected chi connectivity index (χ1v) is 10.2. The van der Waals surface area contributed by atoms with Crippen molar-refractivity contribution in [3.8, 4) is 0 Å². The summed E-state index contributed by atoms with van der Waals surface area (Å²) in [4.78, 5) is 7.24. The molecule has 1 aromatic carbocycles. The lowest BCUT2D eigenvalue weighted by molar-refractivity contribution is 0.203. The van der Waals surface area contributed by atoms with Crippen molar-refractivity contribution in [2.45, 2.75) is 32.4 Å². The Hall–Kier alpha value is -2.31. The van der Waals surface area contributed by atoms with Crippen molar-refractivity contribution in [3.63, 3.8) is 0 Å². The number of hydrogen-bond acceptors (Lipinski definition) is 4. The van der Waals surface area contributed by atoms with E-state index in [0.29, 0.717) is 13.2 Å². The van der Waals surface area contributed by atoms with Gasteiger partial charge in [0.1, 0.15) is 5.76 Å². The van der Waals surface area contributed by atoms with Crippen molar-refractivity contribution in [2.24, 2.45) is 4.99 Å². The lowest BCUT2D eigenvalue weighted by atomic mass is 10.1. The molecule has 0 atom stereocenters. The van der Waals surface area contributed by atoms with E-state index in [1.54, 1.807) is 13.4 Å². The van der Waals surface area contributed by atoms with Gasteiger partial charge in [0, 0.05) is 33.2 Å². The molecule has 0 unspecified atom stereocenters. The number of nitrogens with one attached hydrogen (secondary N) is 2. The Bertz CT molecular complexity index is 692. The zero-order chi connectivity index (χ0) is 19.4. The van der Waals surface area contributed by atoms with Crippen LogP contribution in [0.5, 0.6) is 0 Å². The molecule has 1 saturated heterocycles. The molecule has 1 aromatic heterocycles. The van der Waals surface area contributed by atoms with Gasteiger partial charge in [-0.3, -0.25) is 4.90 Å². The van der Waals surface area contributed by atoms with Gasteiger partial charge in [0.15, 0.2) is 5.96 Å². The maximum Gasteiger partial charge on any atom is 0.191 e. The Balaban J connectivity index is 1.49. The molecule has 0 radical (unpaired) electrons. The molecule has 1 aliphatic rings. The van der Waals surface area contributed by atoms with E-state index in [1.165, 1.54) is 37.1 Å². The molecular formula is C22H32N4O2. The van der Waals surface area contributed by atoms with Crippen LogP contribution in [0.1, 0.15) is 29.7 Å². The Labute approximate surface area is 168 Å². The minimum absolute atomic E-state index is 0.643. The fourth-order valence-electron chi connectivity index (χ4n) is 3.32. The van der Waals surface area contributed by atoms with E-state index in [1.807, 2.05) is 12.1 Å². The molecule has 0 spiro atoms. The second kappa shape index (κ2) is 11.5. The first-order valence-electron chi connectivity index (χ1n) is 10.2. The summed E-state index contributed by atoms with van der Waals surface area (Å²) in [7, 11) is 1.70. The summed E-state index contributed by atoms with van der Waals surface area (Å²) in [6.07, 6.45) is 5.19. The van der Waals surface area contributed by atoms with Gasteiger partial charge in [0.05, 0.1) is 19.4 Å². The Morgan fingerprint density at radius 1 is 1.07 bits per heavy atom. The third-order valence-corrected chi connectivity index (χ3v) is 4.89. The molecule has 3 rings (SSSR count). The molecule has 6 heteroatoms. The van der Waals surface area contributed by atoms with E-state index in [4.69, 9.17) is 14.1 Å². The number of likely N-dealkylation sites (tertiary alicyclic amines) is 1. The van der Waals surface area contributed by atoms with Crippen LogP contribution in [0.15, 0.2) is 52.1 Å². The van der Waals surface area contributed by atoms with Crippen LogP contribution in [0.25, 0.3) is 0 Å². The van der Waals surface area contributed by atoms with Gasteiger partial charge in [-0.1, -0.05) is 24.3 Å². The van der Waals surface area contributed by atoms with Crippen molar-refractivity contribution >= 4 is 5.96 Å². The SMILES string of the molecule is COCCNC(=NCc1ccc(CN2CCCC2)cc1)NCCc1ccco1. The summed E-state index contributed by atoms with van der Waals surface area (Å²) in [5, 5.41) is 6.67. The number of nitrogens with zero attached hydrogens (tertiary/aromatic N) is 2. The fourth-order valence-corrected chi connectivity index (χ4v) is 3.32. The number of ether oxygens (including phenoxy) is 1. The zero-order valence-corrected chi connectivity index (χ0v) is 16.8. The molecule has 2 aromatic rings. The Morgan fingerprint density at radius 2 is 1.82 bits per heavy atom. The van der Waals surface area contributed by atoms with Crippen molar-refractivity contribution in [1.82, 2.24) is 15.5 Å². The molecule has 0 aliphatic carbocycles. The predicted octanol–water partition coefficient (Wildman–Crippen LogP) is 2.80. The molecular weight excluding hydrogens is 352 g/mol. The normalized spacial score (nSPS) is 15.1. The topological polar surface area (TPSA) is 62.0 Å². The van der Waals surface area contributed by atoms with Crippen LogP contribution in [-0.4, -0.2) is 50.8 Å². The number of aliphatic imine (C=N–C) groups is 1. The first-order chi connectivity index (χ1) is 13.8. The Kier molecular flexibility index (Phi) is 8.40. The van der Waals surface area contributed by atoms with Gasteiger partial charge in [-0.25, -0.2) is 4.99 Å². The van der Waals surface area contributed by atoms with Crippen LogP contribution in [0.2, 0.25) is 0 Å². The van der Waals surface area contributed by atoms with Crippen LogP contribution < -0.4 is 10.6 Å². The summed E-state index contributed by atoms with van der Waals surface area (Å²) >= 11 is 0. The summed E-state index contributed by atoms with van der Waals surface area (Å²) in [5.41, 5.74) is 2.59. The van der Waals surface area contributed by atoms with Gasteiger partial charge >= 0.3 is 0 Å². The van der Waals surface area contributed by atoms with Gasteiger partial charge in [0.25, 0.3) is 0 Å².